The summed E-state index contributed by atoms with van der Waals surface area (Å²) in [5.74, 6) is 0.0266. The topological polar surface area (TPSA) is 64.4 Å². The lowest BCUT2D eigenvalue weighted by molar-refractivity contribution is 0.0623. The van der Waals surface area contributed by atoms with E-state index in [2.05, 4.69) is 5.10 Å². The number of likely N-dealkylation sites (tertiary alicyclic amines) is 1. The SMILES string of the molecule is COc1cc(=O)n(-c2ccccc2)nc1C(=O)N1CCCC[C@@H]1C. The van der Waals surface area contributed by atoms with Gasteiger partial charge in [0.2, 0.25) is 0 Å². The van der Waals surface area contributed by atoms with Crippen LogP contribution in [0.3, 0.4) is 0 Å². The Balaban J connectivity index is 2.06. The van der Waals surface area contributed by atoms with Gasteiger partial charge in [-0.25, -0.2) is 0 Å². The van der Waals surface area contributed by atoms with Crippen LogP contribution in [0.4, 0.5) is 0 Å². The van der Waals surface area contributed by atoms with Crippen molar-refractivity contribution in [2.24, 2.45) is 0 Å². The summed E-state index contributed by atoms with van der Waals surface area (Å²) in [4.78, 5) is 27.1. The Kier molecular flexibility index (Phi) is 4.64. The van der Waals surface area contributed by atoms with Gasteiger partial charge in [-0.15, -0.1) is 0 Å². The number of piperidine rings is 1. The van der Waals surface area contributed by atoms with E-state index >= 15 is 0 Å². The molecule has 0 bridgehead atoms. The van der Waals surface area contributed by atoms with E-state index in [9.17, 15) is 9.59 Å². The molecule has 0 aliphatic carbocycles. The number of carbonyl (C=O) groups is 1. The van der Waals surface area contributed by atoms with Gasteiger partial charge in [0.25, 0.3) is 11.5 Å². The molecule has 1 amide bonds. The maximum absolute atomic E-state index is 13.0. The van der Waals surface area contributed by atoms with Crippen molar-refractivity contribution >= 4 is 5.91 Å². The Morgan fingerprint density at radius 3 is 2.67 bits per heavy atom. The summed E-state index contributed by atoms with van der Waals surface area (Å²) < 4.78 is 6.48. The molecule has 0 saturated carbocycles. The molecule has 1 aromatic carbocycles. The van der Waals surface area contributed by atoms with Gasteiger partial charge in [0.15, 0.2) is 11.4 Å². The summed E-state index contributed by atoms with van der Waals surface area (Å²) in [6.07, 6.45) is 3.09. The van der Waals surface area contributed by atoms with E-state index < -0.39 is 0 Å². The molecular weight excluding hydrogens is 306 g/mol. The van der Waals surface area contributed by atoms with Crippen LogP contribution in [0.2, 0.25) is 0 Å². The zero-order valence-electron chi connectivity index (χ0n) is 13.9. The minimum absolute atomic E-state index is 0.162. The lowest BCUT2D eigenvalue weighted by atomic mass is 10.0. The molecule has 3 rings (SSSR count). The Morgan fingerprint density at radius 2 is 2.00 bits per heavy atom. The zero-order valence-corrected chi connectivity index (χ0v) is 13.9. The number of amides is 1. The summed E-state index contributed by atoms with van der Waals surface area (Å²) in [5.41, 5.74) is 0.460. The first-order valence-electron chi connectivity index (χ1n) is 8.16. The third-order valence-electron chi connectivity index (χ3n) is 4.38. The number of ether oxygens (including phenoxy) is 1. The van der Waals surface area contributed by atoms with Gasteiger partial charge in [0, 0.05) is 12.6 Å². The van der Waals surface area contributed by atoms with Crippen LogP contribution in [0.25, 0.3) is 5.69 Å². The molecule has 6 nitrogen and oxygen atoms in total. The van der Waals surface area contributed by atoms with Gasteiger partial charge in [0.1, 0.15) is 0 Å². The lowest BCUT2D eigenvalue weighted by Crippen LogP contribution is -2.43. The fourth-order valence-electron chi connectivity index (χ4n) is 3.03. The second-order valence-corrected chi connectivity index (χ2v) is 5.99. The highest BCUT2D eigenvalue weighted by Gasteiger charge is 2.28. The highest BCUT2D eigenvalue weighted by molar-refractivity contribution is 5.95. The number of carbonyl (C=O) groups excluding carboxylic acids is 1. The van der Waals surface area contributed by atoms with Crippen molar-refractivity contribution in [2.45, 2.75) is 32.2 Å². The molecule has 6 heteroatoms. The van der Waals surface area contributed by atoms with E-state index in [-0.39, 0.29) is 29.0 Å². The molecule has 1 atom stereocenters. The summed E-state index contributed by atoms with van der Waals surface area (Å²) >= 11 is 0. The predicted molar refractivity (Wildman–Crippen MR) is 90.7 cm³/mol. The lowest BCUT2D eigenvalue weighted by Gasteiger charge is -2.33. The summed E-state index contributed by atoms with van der Waals surface area (Å²) in [6, 6.07) is 10.5. The van der Waals surface area contributed by atoms with Crippen LogP contribution in [0.15, 0.2) is 41.2 Å². The monoisotopic (exact) mass is 327 g/mol. The first-order chi connectivity index (χ1) is 11.6. The van der Waals surface area contributed by atoms with Crippen molar-refractivity contribution in [3.05, 3.63) is 52.4 Å². The van der Waals surface area contributed by atoms with Gasteiger partial charge >= 0.3 is 0 Å². The van der Waals surface area contributed by atoms with Gasteiger partial charge in [-0.3, -0.25) is 9.59 Å². The number of methoxy groups -OCH3 is 1. The Hall–Kier alpha value is -2.63. The number of hydrogen-bond donors (Lipinski definition) is 0. The number of hydrogen-bond acceptors (Lipinski definition) is 4. The highest BCUT2D eigenvalue weighted by atomic mass is 16.5. The second-order valence-electron chi connectivity index (χ2n) is 5.99. The smallest absolute Gasteiger partial charge is 0.278 e. The average Bonchev–Trinajstić information content (AvgIpc) is 2.62. The van der Waals surface area contributed by atoms with Gasteiger partial charge < -0.3 is 9.64 Å². The van der Waals surface area contributed by atoms with Crippen LogP contribution in [0, 0.1) is 0 Å². The summed E-state index contributed by atoms with van der Waals surface area (Å²) in [5, 5.41) is 4.31. The maximum Gasteiger partial charge on any atom is 0.278 e. The summed E-state index contributed by atoms with van der Waals surface area (Å²) in [6.45, 7) is 2.74. The van der Waals surface area contributed by atoms with E-state index in [1.807, 2.05) is 30.0 Å². The van der Waals surface area contributed by atoms with E-state index in [1.165, 1.54) is 17.9 Å². The molecule has 0 radical (unpaired) electrons. The standard InChI is InChI=1S/C18H21N3O3/c1-13-8-6-7-11-20(13)18(23)17-15(24-2)12-16(22)21(19-17)14-9-4-3-5-10-14/h3-5,9-10,12-13H,6-8,11H2,1-2H3/t13-/m0/s1. The molecule has 0 N–H and O–H groups in total. The third-order valence-corrected chi connectivity index (χ3v) is 4.38. The average molecular weight is 327 g/mol. The van der Waals surface area contributed by atoms with Crippen LogP contribution in [0.1, 0.15) is 36.7 Å². The van der Waals surface area contributed by atoms with Gasteiger partial charge in [-0.2, -0.15) is 9.78 Å². The van der Waals surface area contributed by atoms with Gasteiger partial charge in [-0.05, 0) is 38.3 Å². The Bertz CT molecular complexity index is 786. The van der Waals surface area contributed by atoms with Crippen molar-refractivity contribution in [2.75, 3.05) is 13.7 Å². The van der Waals surface area contributed by atoms with Crippen LogP contribution < -0.4 is 10.3 Å². The molecule has 24 heavy (non-hydrogen) atoms. The highest BCUT2D eigenvalue weighted by Crippen LogP contribution is 2.22. The van der Waals surface area contributed by atoms with Crippen LogP contribution in [0.5, 0.6) is 5.75 Å². The molecule has 0 unspecified atom stereocenters. The molecule has 1 aliphatic rings. The predicted octanol–water partition coefficient (Wildman–Crippen LogP) is 2.26. The zero-order chi connectivity index (χ0) is 17.1. The van der Waals surface area contributed by atoms with Crippen molar-refractivity contribution in [1.82, 2.24) is 14.7 Å². The molecule has 0 spiro atoms. The molecule has 1 aromatic heterocycles. The Labute approximate surface area is 140 Å². The molecule has 126 valence electrons. The van der Waals surface area contributed by atoms with E-state index in [0.717, 1.165) is 19.3 Å². The third kappa shape index (κ3) is 3.04. The minimum Gasteiger partial charge on any atom is -0.494 e. The van der Waals surface area contributed by atoms with Crippen molar-refractivity contribution in [3.8, 4) is 11.4 Å². The van der Waals surface area contributed by atoms with E-state index in [1.54, 1.807) is 12.1 Å². The minimum atomic E-state index is -0.332. The quantitative estimate of drug-likeness (QED) is 0.867. The van der Waals surface area contributed by atoms with Crippen molar-refractivity contribution < 1.29 is 9.53 Å². The first-order valence-corrected chi connectivity index (χ1v) is 8.16. The van der Waals surface area contributed by atoms with Crippen molar-refractivity contribution in [1.29, 1.82) is 0 Å². The van der Waals surface area contributed by atoms with Crippen LogP contribution in [-0.2, 0) is 0 Å². The van der Waals surface area contributed by atoms with Crippen LogP contribution >= 0.6 is 0 Å². The van der Waals surface area contributed by atoms with Gasteiger partial charge in [0.05, 0.1) is 18.9 Å². The normalized spacial score (nSPS) is 17.6. The maximum atomic E-state index is 13.0. The fourth-order valence-corrected chi connectivity index (χ4v) is 3.03. The van der Waals surface area contributed by atoms with Crippen LogP contribution in [-0.4, -0.2) is 40.3 Å². The molecule has 1 fully saturated rings. The number of nitrogens with zero attached hydrogens (tertiary/aromatic N) is 3. The molecule has 1 aliphatic heterocycles. The number of benzene rings is 1. The molecule has 2 aromatic rings. The van der Waals surface area contributed by atoms with E-state index in [4.69, 9.17) is 4.74 Å². The Morgan fingerprint density at radius 1 is 1.25 bits per heavy atom. The first kappa shape index (κ1) is 16.2. The number of aromatic nitrogens is 2. The second kappa shape index (κ2) is 6.86. The fraction of sp³-hybridized carbons (Fsp3) is 0.389. The molecule has 1 saturated heterocycles. The largest absolute Gasteiger partial charge is 0.494 e. The van der Waals surface area contributed by atoms with Gasteiger partial charge in [-0.1, -0.05) is 18.2 Å². The number of para-hydroxylation sites is 1. The van der Waals surface area contributed by atoms with Crippen molar-refractivity contribution in [3.63, 3.8) is 0 Å². The molecule has 2 heterocycles. The summed E-state index contributed by atoms with van der Waals surface area (Å²) in [7, 11) is 1.44. The van der Waals surface area contributed by atoms with E-state index in [0.29, 0.717) is 12.2 Å². The molecular formula is C18H21N3O3. The number of rotatable bonds is 3.